The summed E-state index contributed by atoms with van der Waals surface area (Å²) in [5.74, 6) is -0.157. The van der Waals surface area contributed by atoms with Crippen LogP contribution in [0.2, 0.25) is 0 Å². The summed E-state index contributed by atoms with van der Waals surface area (Å²) in [5, 5.41) is 0. The van der Waals surface area contributed by atoms with Crippen LogP contribution in [0.1, 0.15) is 20.3 Å². The molecule has 0 saturated carbocycles. The van der Waals surface area contributed by atoms with Gasteiger partial charge in [0.15, 0.2) is 0 Å². The highest BCUT2D eigenvalue weighted by molar-refractivity contribution is 5.68. The van der Waals surface area contributed by atoms with Crippen LogP contribution in [-0.4, -0.2) is 31.9 Å². The van der Waals surface area contributed by atoms with E-state index in [-0.39, 0.29) is 12.1 Å². The number of esters is 1. The van der Waals surface area contributed by atoms with E-state index < -0.39 is 6.16 Å². The molecule has 0 radical (unpaired) electrons. The molecular formula is C8H14O5. The molecule has 0 aliphatic carbocycles. The molecule has 0 N–H and O–H groups in total. The minimum Gasteiger partial charge on any atom is -0.469 e. The lowest BCUT2D eigenvalue weighted by molar-refractivity contribution is -0.140. The van der Waals surface area contributed by atoms with Crippen molar-refractivity contribution in [3.05, 3.63) is 0 Å². The first kappa shape index (κ1) is 11.7. The van der Waals surface area contributed by atoms with Crippen molar-refractivity contribution in [3.8, 4) is 0 Å². The third kappa shape index (κ3) is 5.95. The van der Waals surface area contributed by atoms with Gasteiger partial charge >= 0.3 is 12.1 Å². The van der Waals surface area contributed by atoms with Crippen molar-refractivity contribution >= 4 is 12.1 Å². The molecule has 1 aliphatic heterocycles. The van der Waals surface area contributed by atoms with E-state index in [2.05, 4.69) is 14.2 Å². The number of methoxy groups -OCH3 is 1. The van der Waals surface area contributed by atoms with Gasteiger partial charge in [0.05, 0.1) is 7.11 Å². The van der Waals surface area contributed by atoms with Crippen LogP contribution in [0.4, 0.5) is 4.79 Å². The zero-order valence-electron chi connectivity index (χ0n) is 8.03. The first-order valence-electron chi connectivity index (χ1n) is 4.00. The second-order valence-corrected chi connectivity index (χ2v) is 2.42. The van der Waals surface area contributed by atoms with Crippen LogP contribution in [0, 0.1) is 0 Å². The summed E-state index contributed by atoms with van der Waals surface area (Å²) in [4.78, 5) is 20.0. The minimum atomic E-state index is -0.549. The lowest BCUT2D eigenvalue weighted by atomic mass is 10.5. The Bertz CT molecular complexity index is 171. The molecule has 1 aliphatic rings. The average molecular weight is 190 g/mol. The smallest absolute Gasteiger partial charge is 0.469 e. The molecule has 1 rings (SSSR count). The molecule has 5 heteroatoms. The first-order chi connectivity index (χ1) is 6.10. The van der Waals surface area contributed by atoms with Crippen LogP contribution < -0.4 is 0 Å². The minimum absolute atomic E-state index is 0.0486. The van der Waals surface area contributed by atoms with E-state index in [1.54, 1.807) is 13.8 Å². The molecule has 5 nitrogen and oxygen atoms in total. The van der Waals surface area contributed by atoms with E-state index >= 15 is 0 Å². The summed E-state index contributed by atoms with van der Waals surface area (Å²) in [6.07, 6.45) is -0.128. The van der Waals surface area contributed by atoms with E-state index in [4.69, 9.17) is 0 Å². The van der Waals surface area contributed by atoms with Crippen molar-refractivity contribution < 1.29 is 23.8 Å². The molecule has 1 heterocycles. The first-order valence-corrected chi connectivity index (χ1v) is 4.00. The van der Waals surface area contributed by atoms with Crippen LogP contribution in [0.25, 0.3) is 0 Å². The number of carbonyl (C=O) groups is 2. The van der Waals surface area contributed by atoms with Crippen molar-refractivity contribution in [1.82, 2.24) is 0 Å². The fraction of sp³-hybridized carbons (Fsp3) is 0.750. The highest BCUT2D eigenvalue weighted by atomic mass is 16.8. The van der Waals surface area contributed by atoms with Gasteiger partial charge < -0.3 is 14.2 Å². The SMILES string of the molecule is CC1COC(=O)O1.CCC(=O)OC. The Kier molecular flexibility index (Phi) is 5.67. The number of rotatable bonds is 1. The number of carbonyl (C=O) groups excluding carboxylic acids is 2. The van der Waals surface area contributed by atoms with Crippen molar-refractivity contribution in [1.29, 1.82) is 0 Å². The summed E-state index contributed by atoms with van der Waals surface area (Å²) in [7, 11) is 1.38. The van der Waals surface area contributed by atoms with Crippen molar-refractivity contribution in [2.24, 2.45) is 0 Å². The van der Waals surface area contributed by atoms with Crippen LogP contribution in [-0.2, 0) is 19.0 Å². The van der Waals surface area contributed by atoms with E-state index in [9.17, 15) is 9.59 Å². The molecule has 0 aromatic carbocycles. The molecule has 1 unspecified atom stereocenters. The molecule has 0 aromatic rings. The topological polar surface area (TPSA) is 61.8 Å². The maximum atomic E-state index is 10.0. The third-order valence-electron chi connectivity index (χ3n) is 1.25. The lowest BCUT2D eigenvalue weighted by Gasteiger charge is -1.90. The molecule has 1 saturated heterocycles. The Morgan fingerprint density at radius 2 is 2.31 bits per heavy atom. The highest BCUT2D eigenvalue weighted by Gasteiger charge is 2.19. The zero-order chi connectivity index (χ0) is 10.3. The molecule has 1 atom stereocenters. The van der Waals surface area contributed by atoms with Crippen LogP contribution >= 0.6 is 0 Å². The van der Waals surface area contributed by atoms with E-state index in [0.717, 1.165) is 0 Å². The zero-order valence-corrected chi connectivity index (χ0v) is 8.03. The summed E-state index contributed by atoms with van der Waals surface area (Å²) < 4.78 is 13.2. The second kappa shape index (κ2) is 6.28. The Hall–Kier alpha value is -1.26. The van der Waals surface area contributed by atoms with E-state index in [1.165, 1.54) is 7.11 Å². The summed E-state index contributed by atoms with van der Waals surface area (Å²) >= 11 is 0. The van der Waals surface area contributed by atoms with Gasteiger partial charge in [-0.05, 0) is 6.92 Å². The quantitative estimate of drug-likeness (QED) is 0.579. The van der Waals surface area contributed by atoms with Gasteiger partial charge in [-0.1, -0.05) is 6.92 Å². The van der Waals surface area contributed by atoms with Gasteiger partial charge in [-0.15, -0.1) is 0 Å². The maximum absolute atomic E-state index is 10.0. The standard InChI is InChI=1S/C4H6O3.C4H8O2/c1-3-2-6-4(5)7-3;1-3-4(5)6-2/h3H,2H2,1H3;3H2,1-2H3. The van der Waals surface area contributed by atoms with Gasteiger partial charge in [0.2, 0.25) is 0 Å². The largest absolute Gasteiger partial charge is 0.508 e. The normalized spacial score (nSPS) is 19.3. The fourth-order valence-electron chi connectivity index (χ4n) is 0.562. The van der Waals surface area contributed by atoms with Gasteiger partial charge in [-0.3, -0.25) is 4.79 Å². The fourth-order valence-corrected chi connectivity index (χ4v) is 0.562. The molecule has 0 spiro atoms. The molecule has 1 fully saturated rings. The Balaban J connectivity index is 0.000000226. The van der Waals surface area contributed by atoms with E-state index in [0.29, 0.717) is 13.0 Å². The lowest BCUT2D eigenvalue weighted by Crippen LogP contribution is -2.01. The molecule has 0 amide bonds. The van der Waals surface area contributed by atoms with Gasteiger partial charge in [0.1, 0.15) is 12.7 Å². The molecule has 13 heavy (non-hydrogen) atoms. The van der Waals surface area contributed by atoms with Crippen LogP contribution in [0.3, 0.4) is 0 Å². The number of ether oxygens (including phenoxy) is 3. The molecular weight excluding hydrogens is 176 g/mol. The third-order valence-corrected chi connectivity index (χ3v) is 1.25. The predicted octanol–water partition coefficient (Wildman–Crippen LogP) is 1.11. The van der Waals surface area contributed by atoms with Crippen molar-refractivity contribution in [2.75, 3.05) is 13.7 Å². The maximum Gasteiger partial charge on any atom is 0.508 e. The Morgan fingerprint density at radius 1 is 1.69 bits per heavy atom. The van der Waals surface area contributed by atoms with Gasteiger partial charge in [-0.2, -0.15) is 0 Å². The second-order valence-electron chi connectivity index (χ2n) is 2.42. The van der Waals surface area contributed by atoms with Gasteiger partial charge in [0, 0.05) is 6.42 Å². The monoisotopic (exact) mass is 190 g/mol. The van der Waals surface area contributed by atoms with E-state index in [1.807, 2.05) is 0 Å². The van der Waals surface area contributed by atoms with Crippen molar-refractivity contribution in [3.63, 3.8) is 0 Å². The molecule has 0 aromatic heterocycles. The van der Waals surface area contributed by atoms with Crippen LogP contribution in [0.5, 0.6) is 0 Å². The van der Waals surface area contributed by atoms with Crippen molar-refractivity contribution in [2.45, 2.75) is 26.4 Å². The number of cyclic esters (lactones) is 2. The number of hydrogen-bond donors (Lipinski definition) is 0. The Morgan fingerprint density at radius 3 is 2.38 bits per heavy atom. The van der Waals surface area contributed by atoms with Gasteiger partial charge in [-0.25, -0.2) is 4.79 Å². The predicted molar refractivity (Wildman–Crippen MR) is 44.2 cm³/mol. The summed E-state index contributed by atoms with van der Waals surface area (Å²) in [5.41, 5.74) is 0. The van der Waals surface area contributed by atoms with Gasteiger partial charge in [0.25, 0.3) is 0 Å². The number of hydrogen-bond acceptors (Lipinski definition) is 5. The molecule has 0 bridgehead atoms. The Labute approximate surface area is 77.0 Å². The highest BCUT2D eigenvalue weighted by Crippen LogP contribution is 2.02. The van der Waals surface area contributed by atoms with Crippen LogP contribution in [0.15, 0.2) is 0 Å². The summed E-state index contributed by atoms with van der Waals surface area (Å²) in [6, 6.07) is 0. The molecule has 76 valence electrons. The average Bonchev–Trinajstić information content (AvgIpc) is 2.49. The summed E-state index contributed by atoms with van der Waals surface area (Å²) in [6.45, 7) is 3.94.